The van der Waals surface area contributed by atoms with E-state index in [4.69, 9.17) is 0 Å². The Morgan fingerprint density at radius 2 is 1.84 bits per heavy atom. The fourth-order valence-electron chi connectivity index (χ4n) is 2.88. The lowest BCUT2D eigenvalue weighted by molar-refractivity contribution is -0.130. The first-order chi connectivity index (χ1) is 11.6. The van der Waals surface area contributed by atoms with Gasteiger partial charge in [0.1, 0.15) is 0 Å². The third-order valence-electron chi connectivity index (χ3n) is 4.47. The van der Waals surface area contributed by atoms with E-state index in [9.17, 15) is 13.2 Å². The average molecular weight is 386 g/mol. The highest BCUT2D eigenvalue weighted by Gasteiger charge is 2.34. The summed E-state index contributed by atoms with van der Waals surface area (Å²) >= 11 is 1.32. The number of aromatic nitrogens is 2. The molecule has 0 spiro atoms. The highest BCUT2D eigenvalue weighted by Crippen LogP contribution is 2.22. The lowest BCUT2D eigenvalue weighted by Gasteiger charge is -2.29. The van der Waals surface area contributed by atoms with E-state index in [1.807, 2.05) is 34.6 Å². The molecule has 1 aliphatic heterocycles. The summed E-state index contributed by atoms with van der Waals surface area (Å²) in [6.45, 7) is 10.5. The van der Waals surface area contributed by atoms with Crippen LogP contribution in [0.2, 0.25) is 0 Å². The molecule has 0 aromatic carbocycles. The zero-order valence-corrected chi connectivity index (χ0v) is 17.2. The Bertz CT molecular complexity index is 725. The molecule has 1 saturated heterocycles. The van der Waals surface area contributed by atoms with Crippen molar-refractivity contribution in [2.45, 2.75) is 52.2 Å². The number of rotatable bonds is 6. The van der Waals surface area contributed by atoms with Gasteiger partial charge in [0, 0.05) is 24.0 Å². The van der Waals surface area contributed by atoms with Crippen LogP contribution in [0.4, 0.5) is 0 Å². The molecule has 8 heteroatoms. The van der Waals surface area contributed by atoms with E-state index < -0.39 is 9.84 Å². The van der Waals surface area contributed by atoms with Crippen molar-refractivity contribution in [3.05, 3.63) is 17.0 Å². The summed E-state index contributed by atoms with van der Waals surface area (Å²) in [5.41, 5.74) is 2.90. The second-order valence-corrected chi connectivity index (χ2v) is 10.3. The van der Waals surface area contributed by atoms with Gasteiger partial charge in [0.2, 0.25) is 5.91 Å². The molecule has 140 valence electrons. The molecule has 1 fully saturated rings. The van der Waals surface area contributed by atoms with Crippen LogP contribution < -0.4 is 0 Å². The van der Waals surface area contributed by atoms with Crippen LogP contribution in [0, 0.1) is 26.7 Å². The molecule has 2 rings (SSSR count). The molecule has 0 aliphatic carbocycles. The summed E-state index contributed by atoms with van der Waals surface area (Å²) in [5, 5.41) is 0.595. The summed E-state index contributed by atoms with van der Waals surface area (Å²) in [6.07, 6.45) is 0.532. The number of hydrogen-bond donors (Lipinski definition) is 0. The molecule has 25 heavy (non-hydrogen) atoms. The largest absolute Gasteiger partial charge is 0.338 e. The summed E-state index contributed by atoms with van der Waals surface area (Å²) in [6, 6.07) is -0.206. The van der Waals surface area contributed by atoms with Crippen LogP contribution in [0.15, 0.2) is 5.16 Å². The lowest BCUT2D eigenvalue weighted by Crippen LogP contribution is -2.44. The zero-order valence-electron chi connectivity index (χ0n) is 15.6. The van der Waals surface area contributed by atoms with Gasteiger partial charge in [-0.15, -0.1) is 0 Å². The summed E-state index contributed by atoms with van der Waals surface area (Å²) in [4.78, 5) is 23.4. The highest BCUT2D eigenvalue weighted by atomic mass is 32.2. The van der Waals surface area contributed by atoms with Gasteiger partial charge >= 0.3 is 0 Å². The topological polar surface area (TPSA) is 80.2 Å². The Morgan fingerprint density at radius 1 is 1.24 bits per heavy atom. The van der Waals surface area contributed by atoms with Gasteiger partial charge in [0.05, 0.1) is 17.3 Å². The van der Waals surface area contributed by atoms with E-state index >= 15 is 0 Å². The van der Waals surface area contributed by atoms with Crippen LogP contribution in [-0.4, -0.2) is 59.0 Å². The second-order valence-electron chi connectivity index (χ2n) is 7.09. The number of carbonyl (C=O) groups is 1. The summed E-state index contributed by atoms with van der Waals surface area (Å²) in [5.74, 6) is 0.727. The van der Waals surface area contributed by atoms with Gasteiger partial charge in [-0.05, 0) is 38.7 Å². The van der Waals surface area contributed by atoms with Crippen LogP contribution in [-0.2, 0) is 14.6 Å². The minimum absolute atomic E-state index is 0.0414. The lowest BCUT2D eigenvalue weighted by atomic mass is 10.1. The zero-order chi connectivity index (χ0) is 18.8. The Balaban J connectivity index is 2.07. The number of amides is 1. The number of hydrogen-bond acceptors (Lipinski definition) is 6. The molecule has 0 saturated carbocycles. The SMILES string of the molecule is Cc1nc(SCC(=O)N(CC(C)C)[C@H]2CCS(=O)(=O)C2)nc(C)c1C. The molecule has 0 N–H and O–H groups in total. The summed E-state index contributed by atoms with van der Waals surface area (Å²) < 4.78 is 23.6. The molecule has 1 amide bonds. The first-order valence-electron chi connectivity index (χ1n) is 8.53. The molecule has 0 bridgehead atoms. The van der Waals surface area contributed by atoms with Crippen LogP contribution in [0.3, 0.4) is 0 Å². The normalized spacial score (nSPS) is 19.4. The van der Waals surface area contributed by atoms with Crippen LogP contribution in [0.1, 0.15) is 37.2 Å². The third kappa shape index (κ3) is 5.41. The number of carbonyl (C=O) groups excluding carboxylic acids is 1. The first kappa shape index (κ1) is 20.2. The van der Waals surface area contributed by atoms with E-state index in [0.29, 0.717) is 18.1 Å². The Labute approximate surface area is 154 Å². The van der Waals surface area contributed by atoms with E-state index in [-0.39, 0.29) is 35.1 Å². The molecular formula is C17H27N3O3S2. The van der Waals surface area contributed by atoms with Crippen molar-refractivity contribution in [2.24, 2.45) is 5.92 Å². The molecule has 1 aromatic rings. The molecule has 1 aliphatic rings. The molecule has 1 aromatic heterocycles. The van der Waals surface area contributed by atoms with Crippen molar-refractivity contribution in [1.29, 1.82) is 0 Å². The molecule has 1 atom stereocenters. The molecule has 6 nitrogen and oxygen atoms in total. The highest BCUT2D eigenvalue weighted by molar-refractivity contribution is 7.99. The fraction of sp³-hybridized carbons (Fsp3) is 0.706. The minimum Gasteiger partial charge on any atom is -0.338 e. The quantitative estimate of drug-likeness (QED) is 0.551. The molecule has 2 heterocycles. The van der Waals surface area contributed by atoms with Crippen LogP contribution in [0.5, 0.6) is 0 Å². The van der Waals surface area contributed by atoms with E-state index in [1.165, 1.54) is 11.8 Å². The average Bonchev–Trinajstić information content (AvgIpc) is 2.87. The summed E-state index contributed by atoms with van der Waals surface area (Å²) in [7, 11) is -3.02. The number of sulfone groups is 1. The van der Waals surface area contributed by atoms with Crippen molar-refractivity contribution in [1.82, 2.24) is 14.9 Å². The van der Waals surface area contributed by atoms with Gasteiger partial charge in [-0.1, -0.05) is 25.6 Å². The van der Waals surface area contributed by atoms with E-state index in [2.05, 4.69) is 9.97 Å². The van der Waals surface area contributed by atoms with Crippen molar-refractivity contribution < 1.29 is 13.2 Å². The standard InChI is InChI=1S/C17H27N3O3S2/c1-11(2)8-20(15-6-7-25(22,23)10-15)16(21)9-24-17-18-13(4)12(3)14(5)19-17/h11,15H,6-10H2,1-5H3/t15-/m0/s1. The first-order valence-corrected chi connectivity index (χ1v) is 11.3. The van der Waals surface area contributed by atoms with Gasteiger partial charge in [-0.25, -0.2) is 18.4 Å². The number of thioether (sulfide) groups is 1. The number of aryl methyl sites for hydroxylation is 2. The van der Waals surface area contributed by atoms with Crippen molar-refractivity contribution in [3.63, 3.8) is 0 Å². The maximum Gasteiger partial charge on any atom is 0.233 e. The Hall–Kier alpha value is -1.15. The minimum atomic E-state index is -3.02. The smallest absolute Gasteiger partial charge is 0.233 e. The predicted octanol–water partition coefficient (Wildman–Crippen LogP) is 2.17. The van der Waals surface area contributed by atoms with Crippen molar-refractivity contribution in [3.8, 4) is 0 Å². The molecule has 0 unspecified atom stereocenters. The fourth-order valence-corrected chi connectivity index (χ4v) is 5.44. The van der Waals surface area contributed by atoms with Gasteiger partial charge in [-0.3, -0.25) is 4.79 Å². The van der Waals surface area contributed by atoms with Gasteiger partial charge < -0.3 is 4.90 Å². The van der Waals surface area contributed by atoms with Gasteiger partial charge in [0.15, 0.2) is 15.0 Å². The number of nitrogens with zero attached hydrogens (tertiary/aromatic N) is 3. The molecular weight excluding hydrogens is 358 g/mol. The van der Waals surface area contributed by atoms with Gasteiger partial charge in [0.25, 0.3) is 0 Å². The van der Waals surface area contributed by atoms with Crippen molar-refractivity contribution >= 4 is 27.5 Å². The Kier molecular flexibility index (Phi) is 6.48. The van der Waals surface area contributed by atoms with E-state index in [1.54, 1.807) is 4.90 Å². The van der Waals surface area contributed by atoms with Crippen LogP contribution >= 0.6 is 11.8 Å². The Morgan fingerprint density at radius 3 is 2.32 bits per heavy atom. The van der Waals surface area contributed by atoms with Gasteiger partial charge in [-0.2, -0.15) is 0 Å². The third-order valence-corrected chi connectivity index (χ3v) is 7.05. The molecule has 0 radical (unpaired) electrons. The second kappa shape index (κ2) is 8.03. The predicted molar refractivity (Wildman–Crippen MR) is 101 cm³/mol. The van der Waals surface area contributed by atoms with Crippen molar-refractivity contribution in [2.75, 3.05) is 23.8 Å². The van der Waals surface area contributed by atoms with Crippen LogP contribution in [0.25, 0.3) is 0 Å². The maximum absolute atomic E-state index is 12.7. The maximum atomic E-state index is 12.7. The van der Waals surface area contributed by atoms with E-state index in [0.717, 1.165) is 17.0 Å². The monoisotopic (exact) mass is 385 g/mol.